The van der Waals surface area contributed by atoms with E-state index in [2.05, 4.69) is 50.2 Å². The van der Waals surface area contributed by atoms with E-state index in [-0.39, 0.29) is 0 Å². The summed E-state index contributed by atoms with van der Waals surface area (Å²) in [5.74, 6) is 1.46. The largest absolute Gasteiger partial charge is 0.361 e. The molecule has 1 saturated heterocycles. The molecule has 4 nitrogen and oxygen atoms in total. The van der Waals surface area contributed by atoms with Crippen molar-refractivity contribution >= 4 is 10.9 Å². The zero-order valence-electron chi connectivity index (χ0n) is 13.5. The average molecular weight is 306 g/mol. The Morgan fingerprint density at radius 2 is 2.04 bits per heavy atom. The van der Waals surface area contributed by atoms with E-state index in [1.54, 1.807) is 0 Å². The number of nitrogens with zero attached hydrogens (tertiary/aromatic N) is 3. The molecular formula is C19H22N4. The molecule has 0 bridgehead atoms. The molecule has 0 atom stereocenters. The van der Waals surface area contributed by atoms with Crippen molar-refractivity contribution in [2.45, 2.75) is 32.2 Å². The van der Waals surface area contributed by atoms with Crippen LogP contribution in [0.3, 0.4) is 0 Å². The van der Waals surface area contributed by atoms with Gasteiger partial charge in [-0.25, -0.2) is 9.97 Å². The van der Waals surface area contributed by atoms with E-state index in [0.717, 1.165) is 25.5 Å². The first-order valence-electron chi connectivity index (χ1n) is 8.36. The van der Waals surface area contributed by atoms with Crippen molar-refractivity contribution in [1.82, 2.24) is 19.9 Å². The lowest BCUT2D eigenvalue weighted by Crippen LogP contribution is -2.32. The average Bonchev–Trinajstić information content (AvgIpc) is 3.05. The third kappa shape index (κ3) is 2.99. The molecule has 1 aliphatic rings. The highest BCUT2D eigenvalue weighted by molar-refractivity contribution is 5.82. The summed E-state index contributed by atoms with van der Waals surface area (Å²) in [6.45, 7) is 5.27. The predicted molar refractivity (Wildman–Crippen MR) is 92.3 cm³/mol. The molecule has 4 rings (SSSR count). The Bertz CT molecular complexity index is 800. The maximum atomic E-state index is 4.61. The Labute approximate surface area is 136 Å². The number of H-pyrrole nitrogens is 1. The summed E-state index contributed by atoms with van der Waals surface area (Å²) >= 11 is 0. The minimum Gasteiger partial charge on any atom is -0.361 e. The zero-order valence-corrected chi connectivity index (χ0v) is 13.5. The summed E-state index contributed by atoms with van der Waals surface area (Å²) in [7, 11) is 0. The van der Waals surface area contributed by atoms with Crippen LogP contribution in [0, 0.1) is 6.92 Å². The molecule has 4 heteroatoms. The van der Waals surface area contributed by atoms with Crippen molar-refractivity contribution in [1.29, 1.82) is 0 Å². The van der Waals surface area contributed by atoms with Crippen LogP contribution in [0.1, 0.15) is 35.8 Å². The third-order valence-electron chi connectivity index (χ3n) is 4.88. The van der Waals surface area contributed by atoms with Gasteiger partial charge in [0.05, 0.1) is 0 Å². The van der Waals surface area contributed by atoms with Gasteiger partial charge in [0.1, 0.15) is 5.82 Å². The summed E-state index contributed by atoms with van der Waals surface area (Å²) < 4.78 is 0. The first kappa shape index (κ1) is 14.4. The number of likely N-dealkylation sites (tertiary alicyclic amines) is 1. The standard InChI is InChI=1S/C19H22N4/c1-14-20-10-6-18(22-14)15-7-11-23(12-8-15)13-16-3-2-4-19-17(16)5-9-21-19/h2-6,9-10,15,21H,7-8,11-13H2,1H3. The van der Waals surface area contributed by atoms with Crippen molar-refractivity contribution in [2.75, 3.05) is 13.1 Å². The first-order chi connectivity index (χ1) is 11.3. The Balaban J connectivity index is 1.43. The highest BCUT2D eigenvalue weighted by atomic mass is 15.1. The molecule has 0 aliphatic carbocycles. The van der Waals surface area contributed by atoms with Crippen LogP contribution < -0.4 is 0 Å². The molecule has 0 unspecified atom stereocenters. The van der Waals surface area contributed by atoms with E-state index in [1.807, 2.05) is 19.3 Å². The lowest BCUT2D eigenvalue weighted by atomic mass is 9.93. The molecule has 3 heterocycles. The number of aromatic nitrogens is 3. The van der Waals surface area contributed by atoms with Gasteiger partial charge in [0, 0.05) is 41.5 Å². The van der Waals surface area contributed by atoms with Gasteiger partial charge in [-0.3, -0.25) is 4.90 Å². The number of rotatable bonds is 3. The molecule has 0 amide bonds. The molecule has 3 aromatic rings. The van der Waals surface area contributed by atoms with Crippen molar-refractivity contribution in [3.63, 3.8) is 0 Å². The fourth-order valence-corrected chi connectivity index (χ4v) is 3.62. The highest BCUT2D eigenvalue weighted by Gasteiger charge is 2.22. The van der Waals surface area contributed by atoms with Crippen LogP contribution in [0.2, 0.25) is 0 Å². The second kappa shape index (κ2) is 6.13. The second-order valence-corrected chi connectivity index (χ2v) is 6.44. The van der Waals surface area contributed by atoms with Crippen LogP contribution in [0.5, 0.6) is 0 Å². The van der Waals surface area contributed by atoms with Crippen molar-refractivity contribution < 1.29 is 0 Å². The van der Waals surface area contributed by atoms with Gasteiger partial charge in [-0.05, 0) is 56.6 Å². The number of aryl methyl sites for hydroxylation is 1. The molecule has 0 radical (unpaired) electrons. The Morgan fingerprint density at radius 3 is 2.87 bits per heavy atom. The zero-order chi connectivity index (χ0) is 15.6. The summed E-state index contributed by atoms with van der Waals surface area (Å²) in [6, 6.07) is 10.8. The molecule has 0 spiro atoms. The van der Waals surface area contributed by atoms with Crippen LogP contribution in [-0.4, -0.2) is 32.9 Å². The minimum absolute atomic E-state index is 0.580. The van der Waals surface area contributed by atoms with Crippen molar-refractivity contribution in [3.8, 4) is 0 Å². The highest BCUT2D eigenvalue weighted by Crippen LogP contribution is 2.28. The van der Waals surface area contributed by atoms with E-state index in [9.17, 15) is 0 Å². The maximum Gasteiger partial charge on any atom is 0.125 e. The summed E-state index contributed by atoms with van der Waals surface area (Å²) in [5.41, 5.74) is 3.86. The van der Waals surface area contributed by atoms with Crippen LogP contribution in [0.4, 0.5) is 0 Å². The van der Waals surface area contributed by atoms with E-state index in [1.165, 1.54) is 35.0 Å². The van der Waals surface area contributed by atoms with Crippen molar-refractivity contribution in [2.24, 2.45) is 0 Å². The van der Waals surface area contributed by atoms with Crippen LogP contribution in [-0.2, 0) is 6.54 Å². The predicted octanol–water partition coefficient (Wildman–Crippen LogP) is 3.65. The minimum atomic E-state index is 0.580. The smallest absolute Gasteiger partial charge is 0.125 e. The fourth-order valence-electron chi connectivity index (χ4n) is 3.62. The third-order valence-corrected chi connectivity index (χ3v) is 4.88. The van der Waals surface area contributed by atoms with Gasteiger partial charge in [-0.2, -0.15) is 0 Å². The monoisotopic (exact) mass is 306 g/mol. The van der Waals surface area contributed by atoms with Gasteiger partial charge in [0.2, 0.25) is 0 Å². The Hall–Kier alpha value is -2.20. The van der Waals surface area contributed by atoms with Gasteiger partial charge < -0.3 is 4.98 Å². The van der Waals surface area contributed by atoms with E-state index < -0.39 is 0 Å². The van der Waals surface area contributed by atoms with Gasteiger partial charge in [-0.1, -0.05) is 12.1 Å². The Kier molecular flexibility index (Phi) is 3.83. The number of nitrogens with one attached hydrogen (secondary N) is 1. The van der Waals surface area contributed by atoms with Gasteiger partial charge in [-0.15, -0.1) is 0 Å². The van der Waals surface area contributed by atoms with Crippen LogP contribution in [0.15, 0.2) is 42.7 Å². The van der Waals surface area contributed by atoms with Gasteiger partial charge >= 0.3 is 0 Å². The SMILES string of the molecule is Cc1nccc(C2CCN(Cc3cccc4[nH]ccc34)CC2)n1. The topological polar surface area (TPSA) is 44.8 Å². The fraction of sp³-hybridized carbons (Fsp3) is 0.368. The molecule has 1 aromatic carbocycles. The molecule has 23 heavy (non-hydrogen) atoms. The number of fused-ring (bicyclic) bond motifs is 1. The number of hydrogen-bond acceptors (Lipinski definition) is 3. The number of aromatic amines is 1. The number of hydrogen-bond donors (Lipinski definition) is 1. The lowest BCUT2D eigenvalue weighted by molar-refractivity contribution is 0.204. The molecular weight excluding hydrogens is 284 g/mol. The van der Waals surface area contributed by atoms with Crippen LogP contribution in [0.25, 0.3) is 10.9 Å². The summed E-state index contributed by atoms with van der Waals surface area (Å²) in [4.78, 5) is 14.7. The van der Waals surface area contributed by atoms with Crippen LogP contribution >= 0.6 is 0 Å². The van der Waals surface area contributed by atoms with Crippen molar-refractivity contribution in [3.05, 3.63) is 59.8 Å². The molecule has 1 aliphatic heterocycles. The van der Waals surface area contributed by atoms with E-state index >= 15 is 0 Å². The second-order valence-electron chi connectivity index (χ2n) is 6.44. The molecule has 2 aromatic heterocycles. The summed E-state index contributed by atoms with van der Waals surface area (Å²) in [5, 5.41) is 1.35. The number of benzene rings is 1. The molecule has 1 N–H and O–H groups in total. The molecule has 0 saturated carbocycles. The normalized spacial score (nSPS) is 16.9. The number of piperidine rings is 1. The summed E-state index contributed by atoms with van der Waals surface area (Å²) in [6.07, 6.45) is 6.27. The Morgan fingerprint density at radius 1 is 1.17 bits per heavy atom. The lowest BCUT2D eigenvalue weighted by Gasteiger charge is -2.31. The van der Waals surface area contributed by atoms with E-state index in [0.29, 0.717) is 5.92 Å². The molecule has 1 fully saturated rings. The first-order valence-corrected chi connectivity index (χ1v) is 8.36. The molecule has 118 valence electrons. The maximum absolute atomic E-state index is 4.61. The quantitative estimate of drug-likeness (QED) is 0.803. The van der Waals surface area contributed by atoms with E-state index in [4.69, 9.17) is 0 Å². The van der Waals surface area contributed by atoms with Gasteiger partial charge in [0.15, 0.2) is 0 Å². The van der Waals surface area contributed by atoms with Gasteiger partial charge in [0.25, 0.3) is 0 Å².